The zero-order valence-corrected chi connectivity index (χ0v) is 11.1. The van der Waals surface area contributed by atoms with Gasteiger partial charge in [0, 0.05) is 19.5 Å². The maximum absolute atomic E-state index is 11.3. The van der Waals surface area contributed by atoms with Crippen LogP contribution in [0.25, 0.3) is 0 Å². The molecule has 0 atom stereocenters. The third-order valence-electron chi connectivity index (χ3n) is 2.34. The Labute approximate surface area is 109 Å². The molecule has 100 valence electrons. The molecule has 4 nitrogen and oxygen atoms in total. The van der Waals surface area contributed by atoms with Gasteiger partial charge in [-0.2, -0.15) is 0 Å². The molecule has 1 rings (SSSR count). The summed E-state index contributed by atoms with van der Waals surface area (Å²) in [5.41, 5.74) is 6.34. The minimum absolute atomic E-state index is 0.0222. The number of nitrogens with two attached hydrogens (primary N) is 1. The van der Waals surface area contributed by atoms with Crippen molar-refractivity contribution in [3.63, 3.8) is 0 Å². The lowest BCUT2D eigenvalue weighted by molar-refractivity contribution is -0.121. The second-order valence-corrected chi connectivity index (χ2v) is 4.67. The first-order valence-corrected chi connectivity index (χ1v) is 6.30. The Balaban J connectivity index is 2.46. The monoisotopic (exact) mass is 250 g/mol. The van der Waals surface area contributed by atoms with Crippen molar-refractivity contribution in [2.75, 3.05) is 13.2 Å². The maximum Gasteiger partial charge on any atom is 0.221 e. The molecule has 18 heavy (non-hydrogen) atoms. The molecule has 0 saturated heterocycles. The lowest BCUT2D eigenvalue weighted by atomic mass is 10.2. The fraction of sp³-hybridized carbons (Fsp3) is 0.500. The highest BCUT2D eigenvalue weighted by Gasteiger charge is 2.02. The van der Waals surface area contributed by atoms with Gasteiger partial charge in [-0.25, -0.2) is 0 Å². The van der Waals surface area contributed by atoms with E-state index >= 15 is 0 Å². The molecule has 1 aromatic carbocycles. The second-order valence-electron chi connectivity index (χ2n) is 4.67. The van der Waals surface area contributed by atoms with Gasteiger partial charge < -0.3 is 15.8 Å². The topological polar surface area (TPSA) is 64.3 Å². The third kappa shape index (κ3) is 5.68. The van der Waals surface area contributed by atoms with Crippen LogP contribution in [-0.4, -0.2) is 19.1 Å². The minimum atomic E-state index is -0.0222. The number of hydrogen-bond donors (Lipinski definition) is 2. The molecular weight excluding hydrogens is 228 g/mol. The SMILES string of the molecule is CC(C)COc1cccc(CNC(=O)CCN)c1. The molecule has 0 radical (unpaired) electrons. The van der Waals surface area contributed by atoms with Crippen molar-refractivity contribution in [1.29, 1.82) is 0 Å². The van der Waals surface area contributed by atoms with Crippen molar-refractivity contribution < 1.29 is 9.53 Å². The number of ether oxygens (including phenoxy) is 1. The Morgan fingerprint density at radius 1 is 1.44 bits per heavy atom. The van der Waals surface area contributed by atoms with Crippen LogP contribution in [0.2, 0.25) is 0 Å². The Bertz CT molecular complexity index is 378. The maximum atomic E-state index is 11.3. The number of amides is 1. The molecule has 0 unspecified atom stereocenters. The number of rotatable bonds is 7. The van der Waals surface area contributed by atoms with Crippen molar-refractivity contribution in [3.05, 3.63) is 29.8 Å². The van der Waals surface area contributed by atoms with Crippen molar-refractivity contribution in [2.24, 2.45) is 11.7 Å². The van der Waals surface area contributed by atoms with Crippen LogP contribution in [0.15, 0.2) is 24.3 Å². The molecule has 0 aliphatic heterocycles. The van der Waals surface area contributed by atoms with E-state index in [4.69, 9.17) is 10.5 Å². The number of carbonyl (C=O) groups is 1. The van der Waals surface area contributed by atoms with Crippen molar-refractivity contribution in [1.82, 2.24) is 5.32 Å². The summed E-state index contributed by atoms with van der Waals surface area (Å²) in [5, 5.41) is 2.82. The lowest BCUT2D eigenvalue weighted by Crippen LogP contribution is -2.24. The van der Waals surface area contributed by atoms with Crippen LogP contribution in [-0.2, 0) is 11.3 Å². The van der Waals surface area contributed by atoms with Crippen LogP contribution in [0.3, 0.4) is 0 Å². The Morgan fingerprint density at radius 3 is 2.89 bits per heavy atom. The van der Waals surface area contributed by atoms with Crippen LogP contribution in [0, 0.1) is 5.92 Å². The molecule has 1 aromatic rings. The molecule has 0 heterocycles. The molecule has 0 aromatic heterocycles. The Kier molecular flexibility index (Phi) is 6.22. The van der Waals surface area contributed by atoms with E-state index in [0.717, 1.165) is 11.3 Å². The van der Waals surface area contributed by atoms with E-state index in [1.54, 1.807) is 0 Å². The molecule has 0 saturated carbocycles. The van der Waals surface area contributed by atoms with Crippen LogP contribution < -0.4 is 15.8 Å². The average molecular weight is 250 g/mol. The first kappa shape index (κ1) is 14.5. The predicted molar refractivity (Wildman–Crippen MR) is 72.3 cm³/mol. The van der Waals surface area contributed by atoms with Crippen LogP contribution in [0.1, 0.15) is 25.8 Å². The fourth-order valence-corrected chi connectivity index (χ4v) is 1.43. The van der Waals surface area contributed by atoms with Gasteiger partial charge in [-0.05, 0) is 23.6 Å². The quantitative estimate of drug-likeness (QED) is 0.774. The van der Waals surface area contributed by atoms with E-state index in [1.165, 1.54) is 0 Å². The van der Waals surface area contributed by atoms with Crippen molar-refractivity contribution in [3.8, 4) is 5.75 Å². The van der Waals surface area contributed by atoms with Gasteiger partial charge in [-0.1, -0.05) is 26.0 Å². The first-order valence-electron chi connectivity index (χ1n) is 6.30. The van der Waals surface area contributed by atoms with Gasteiger partial charge in [-0.3, -0.25) is 4.79 Å². The van der Waals surface area contributed by atoms with Gasteiger partial charge in [0.15, 0.2) is 0 Å². The Morgan fingerprint density at radius 2 is 2.22 bits per heavy atom. The number of nitrogens with one attached hydrogen (secondary N) is 1. The zero-order chi connectivity index (χ0) is 13.4. The largest absolute Gasteiger partial charge is 0.493 e. The van der Waals surface area contributed by atoms with Crippen LogP contribution >= 0.6 is 0 Å². The number of benzene rings is 1. The Hall–Kier alpha value is -1.55. The van der Waals surface area contributed by atoms with Gasteiger partial charge in [0.05, 0.1) is 6.61 Å². The summed E-state index contributed by atoms with van der Waals surface area (Å²) >= 11 is 0. The first-order chi connectivity index (χ1) is 8.61. The average Bonchev–Trinajstić information content (AvgIpc) is 2.35. The summed E-state index contributed by atoms with van der Waals surface area (Å²) in [4.78, 5) is 11.3. The van der Waals surface area contributed by atoms with E-state index in [0.29, 0.717) is 32.0 Å². The van der Waals surface area contributed by atoms with Gasteiger partial charge in [0.1, 0.15) is 5.75 Å². The highest BCUT2D eigenvalue weighted by Crippen LogP contribution is 2.14. The number of hydrogen-bond acceptors (Lipinski definition) is 3. The second kappa shape index (κ2) is 7.71. The normalized spacial score (nSPS) is 10.4. The highest BCUT2D eigenvalue weighted by atomic mass is 16.5. The summed E-state index contributed by atoms with van der Waals surface area (Å²) in [6, 6.07) is 7.77. The molecule has 1 amide bonds. The molecule has 0 bridgehead atoms. The fourth-order valence-electron chi connectivity index (χ4n) is 1.43. The zero-order valence-electron chi connectivity index (χ0n) is 11.1. The predicted octanol–water partition coefficient (Wildman–Crippen LogP) is 1.69. The molecule has 4 heteroatoms. The molecule has 0 aliphatic carbocycles. The highest BCUT2D eigenvalue weighted by molar-refractivity contribution is 5.76. The van der Waals surface area contributed by atoms with E-state index < -0.39 is 0 Å². The lowest BCUT2D eigenvalue weighted by Gasteiger charge is -2.10. The standard InChI is InChI=1S/C14H22N2O2/c1-11(2)10-18-13-5-3-4-12(8-13)9-16-14(17)6-7-15/h3-5,8,11H,6-7,9-10,15H2,1-2H3,(H,16,17). The summed E-state index contributed by atoms with van der Waals surface area (Å²) in [6.45, 7) is 5.80. The van der Waals surface area contributed by atoms with E-state index in [9.17, 15) is 4.79 Å². The van der Waals surface area contributed by atoms with Crippen LogP contribution in [0.4, 0.5) is 0 Å². The minimum Gasteiger partial charge on any atom is -0.493 e. The molecule has 0 aliphatic rings. The number of carbonyl (C=O) groups excluding carboxylic acids is 1. The van der Waals surface area contributed by atoms with Gasteiger partial charge in [0.25, 0.3) is 0 Å². The third-order valence-corrected chi connectivity index (χ3v) is 2.34. The molecule has 3 N–H and O–H groups in total. The molecule has 0 spiro atoms. The summed E-state index contributed by atoms with van der Waals surface area (Å²) < 4.78 is 5.63. The molecular formula is C14H22N2O2. The van der Waals surface area contributed by atoms with Gasteiger partial charge in [0.2, 0.25) is 5.91 Å². The summed E-state index contributed by atoms with van der Waals surface area (Å²) in [7, 11) is 0. The van der Waals surface area contributed by atoms with Crippen molar-refractivity contribution in [2.45, 2.75) is 26.8 Å². The van der Waals surface area contributed by atoms with Gasteiger partial charge in [-0.15, -0.1) is 0 Å². The van der Waals surface area contributed by atoms with E-state index in [1.807, 2.05) is 24.3 Å². The smallest absolute Gasteiger partial charge is 0.221 e. The van der Waals surface area contributed by atoms with E-state index in [2.05, 4.69) is 19.2 Å². The van der Waals surface area contributed by atoms with Crippen molar-refractivity contribution >= 4 is 5.91 Å². The summed E-state index contributed by atoms with van der Waals surface area (Å²) in [5.74, 6) is 1.32. The van der Waals surface area contributed by atoms with E-state index in [-0.39, 0.29) is 5.91 Å². The van der Waals surface area contributed by atoms with Crippen LogP contribution in [0.5, 0.6) is 5.75 Å². The molecule has 0 fully saturated rings. The summed E-state index contributed by atoms with van der Waals surface area (Å²) in [6.07, 6.45) is 0.365. The van der Waals surface area contributed by atoms with Gasteiger partial charge >= 0.3 is 0 Å².